The fourth-order valence-electron chi connectivity index (χ4n) is 4.07. The monoisotopic (exact) mass is 463 g/mol. The van der Waals surface area contributed by atoms with E-state index >= 15 is 0 Å². The van der Waals surface area contributed by atoms with Gasteiger partial charge in [0.15, 0.2) is 5.03 Å². The molecule has 1 saturated heterocycles. The number of carbonyl (C=O) groups is 1. The summed E-state index contributed by atoms with van der Waals surface area (Å²) in [6.07, 6.45) is 3.17. The number of aromatic nitrogens is 2. The predicted octanol–water partition coefficient (Wildman–Crippen LogP) is 3.09. The first-order valence-corrected chi connectivity index (χ1v) is 12.2. The van der Waals surface area contributed by atoms with E-state index in [1.807, 2.05) is 42.2 Å². The lowest BCUT2D eigenvalue weighted by Crippen LogP contribution is -2.38. The third-order valence-electron chi connectivity index (χ3n) is 6.09. The van der Waals surface area contributed by atoms with E-state index in [9.17, 15) is 13.2 Å². The van der Waals surface area contributed by atoms with Crippen molar-refractivity contribution in [2.24, 2.45) is 0 Å². The third-order valence-corrected chi connectivity index (χ3v) is 7.40. The van der Waals surface area contributed by atoms with Gasteiger partial charge in [0.2, 0.25) is 0 Å². The van der Waals surface area contributed by atoms with Crippen LogP contribution in [0.25, 0.3) is 0 Å². The summed E-state index contributed by atoms with van der Waals surface area (Å²) in [5.74, 6) is 0.316. The van der Waals surface area contributed by atoms with Gasteiger partial charge in [-0.25, -0.2) is 13.1 Å². The van der Waals surface area contributed by atoms with E-state index in [2.05, 4.69) is 21.0 Å². The van der Waals surface area contributed by atoms with E-state index in [1.165, 1.54) is 17.8 Å². The van der Waals surface area contributed by atoms with Crippen LogP contribution in [0.1, 0.15) is 51.4 Å². The van der Waals surface area contributed by atoms with E-state index in [4.69, 9.17) is 5.26 Å². The van der Waals surface area contributed by atoms with Gasteiger partial charge in [0.05, 0.1) is 11.6 Å². The van der Waals surface area contributed by atoms with Crippen molar-refractivity contribution in [1.82, 2.24) is 19.8 Å². The Morgan fingerprint density at radius 3 is 2.55 bits per heavy atom. The molecule has 4 rings (SSSR count). The molecule has 0 atom stereocenters. The van der Waals surface area contributed by atoms with Crippen LogP contribution in [0.4, 0.5) is 0 Å². The van der Waals surface area contributed by atoms with Gasteiger partial charge < -0.3 is 4.90 Å². The summed E-state index contributed by atoms with van der Waals surface area (Å²) >= 11 is 0. The van der Waals surface area contributed by atoms with Gasteiger partial charge in [-0.05, 0) is 72.7 Å². The van der Waals surface area contributed by atoms with E-state index < -0.39 is 10.0 Å². The van der Waals surface area contributed by atoms with Crippen LogP contribution in [0.5, 0.6) is 0 Å². The van der Waals surface area contributed by atoms with Crippen molar-refractivity contribution >= 4 is 15.9 Å². The van der Waals surface area contributed by atoms with Gasteiger partial charge in [0.1, 0.15) is 0 Å². The molecule has 2 heterocycles. The number of sulfonamides is 1. The van der Waals surface area contributed by atoms with Crippen LogP contribution in [-0.4, -0.2) is 42.5 Å². The second-order valence-corrected chi connectivity index (χ2v) is 9.89. The lowest BCUT2D eigenvalue weighted by molar-refractivity contribution is 0.0713. The van der Waals surface area contributed by atoms with Crippen LogP contribution in [0.15, 0.2) is 59.8 Å². The maximum absolute atomic E-state index is 13.1. The Hall–Kier alpha value is -3.48. The standard InChI is InChI=1S/C24H25N5O3S/c1-17-2-5-21(14-22(17)16-27-33(31,32)23-8-11-26-28-23)24(30)29-12-9-20(10-13-29)19-6-3-18(15-25)4-7-19/h2-8,11,14,20,27H,9-10,12-13,16H2,1H3,(H,26,28). The minimum absolute atomic E-state index is 0.0512. The highest BCUT2D eigenvalue weighted by atomic mass is 32.2. The van der Waals surface area contributed by atoms with Crippen LogP contribution in [0, 0.1) is 18.3 Å². The smallest absolute Gasteiger partial charge is 0.260 e. The quantitative estimate of drug-likeness (QED) is 0.582. The molecule has 0 saturated carbocycles. The topological polar surface area (TPSA) is 119 Å². The molecule has 170 valence electrons. The van der Waals surface area contributed by atoms with Gasteiger partial charge in [0, 0.05) is 31.4 Å². The number of nitrogens with one attached hydrogen (secondary N) is 2. The average molecular weight is 464 g/mol. The number of amides is 1. The molecule has 0 aliphatic carbocycles. The zero-order valence-electron chi connectivity index (χ0n) is 18.3. The van der Waals surface area contributed by atoms with Gasteiger partial charge in [-0.3, -0.25) is 9.89 Å². The molecule has 1 fully saturated rings. The zero-order chi connectivity index (χ0) is 23.4. The minimum atomic E-state index is -3.73. The average Bonchev–Trinajstić information content (AvgIpc) is 3.40. The molecule has 2 N–H and O–H groups in total. The van der Waals surface area contributed by atoms with Gasteiger partial charge in [-0.15, -0.1) is 0 Å². The highest BCUT2D eigenvalue weighted by Gasteiger charge is 2.25. The first-order valence-electron chi connectivity index (χ1n) is 10.8. The second kappa shape index (κ2) is 9.57. The highest BCUT2D eigenvalue weighted by Crippen LogP contribution is 2.29. The molecule has 1 aliphatic rings. The largest absolute Gasteiger partial charge is 0.339 e. The Labute approximate surface area is 193 Å². The van der Waals surface area contributed by atoms with Crippen LogP contribution in [0.2, 0.25) is 0 Å². The molecule has 1 amide bonds. The number of carbonyl (C=O) groups excluding carboxylic acids is 1. The lowest BCUT2D eigenvalue weighted by atomic mass is 9.89. The number of piperidine rings is 1. The molecule has 0 radical (unpaired) electrons. The van der Waals surface area contributed by atoms with Crippen molar-refractivity contribution in [3.8, 4) is 6.07 Å². The van der Waals surface area contributed by atoms with E-state index in [1.54, 1.807) is 12.1 Å². The summed E-state index contributed by atoms with van der Waals surface area (Å²) in [4.78, 5) is 15.0. The van der Waals surface area contributed by atoms with Gasteiger partial charge in [-0.2, -0.15) is 10.4 Å². The Kier molecular flexibility index (Phi) is 6.58. The van der Waals surface area contributed by atoms with Crippen molar-refractivity contribution in [2.45, 2.75) is 37.3 Å². The summed E-state index contributed by atoms with van der Waals surface area (Å²) in [7, 11) is -3.73. The highest BCUT2D eigenvalue weighted by molar-refractivity contribution is 7.89. The van der Waals surface area contributed by atoms with Gasteiger partial charge in [0.25, 0.3) is 15.9 Å². The molecule has 2 aromatic carbocycles. The number of hydrogen-bond acceptors (Lipinski definition) is 5. The Morgan fingerprint density at radius 1 is 1.18 bits per heavy atom. The Morgan fingerprint density at radius 2 is 1.91 bits per heavy atom. The first kappa shape index (κ1) is 22.7. The van der Waals surface area contributed by atoms with Crippen LogP contribution < -0.4 is 4.72 Å². The summed E-state index contributed by atoms with van der Waals surface area (Å²) < 4.78 is 27.2. The predicted molar refractivity (Wildman–Crippen MR) is 123 cm³/mol. The number of nitrogens with zero attached hydrogens (tertiary/aromatic N) is 3. The van der Waals surface area contributed by atoms with Crippen LogP contribution in [-0.2, 0) is 16.6 Å². The van der Waals surface area contributed by atoms with Crippen molar-refractivity contribution < 1.29 is 13.2 Å². The number of hydrogen-bond donors (Lipinski definition) is 2. The second-order valence-electron chi connectivity index (χ2n) is 8.18. The molecule has 33 heavy (non-hydrogen) atoms. The van der Waals surface area contributed by atoms with Crippen molar-refractivity contribution in [3.63, 3.8) is 0 Å². The van der Waals surface area contributed by atoms with Crippen molar-refractivity contribution in [1.29, 1.82) is 5.26 Å². The van der Waals surface area contributed by atoms with Gasteiger partial charge >= 0.3 is 0 Å². The summed E-state index contributed by atoms with van der Waals surface area (Å²) in [6, 6.07) is 16.6. The number of rotatable bonds is 6. The molecule has 9 heteroatoms. The molecule has 1 aliphatic heterocycles. The number of aromatic amines is 1. The van der Waals surface area contributed by atoms with Crippen molar-refractivity contribution in [2.75, 3.05) is 13.1 Å². The summed E-state index contributed by atoms with van der Waals surface area (Å²) in [5.41, 5.74) is 4.03. The van der Waals surface area contributed by atoms with Crippen molar-refractivity contribution in [3.05, 3.63) is 82.5 Å². The molecule has 3 aromatic rings. The number of H-pyrrole nitrogens is 1. The Balaban J connectivity index is 1.40. The zero-order valence-corrected chi connectivity index (χ0v) is 19.1. The van der Waals surface area contributed by atoms with Crippen LogP contribution in [0.3, 0.4) is 0 Å². The van der Waals surface area contributed by atoms with E-state index in [0.717, 1.165) is 24.0 Å². The number of nitriles is 1. The molecular formula is C24H25N5O3S. The first-order chi connectivity index (χ1) is 15.9. The molecule has 0 unspecified atom stereocenters. The third kappa shape index (κ3) is 5.13. The lowest BCUT2D eigenvalue weighted by Gasteiger charge is -2.32. The van der Waals surface area contributed by atoms with E-state index in [-0.39, 0.29) is 17.5 Å². The molecule has 0 spiro atoms. The fraction of sp³-hybridized carbons (Fsp3) is 0.292. The molecule has 8 nitrogen and oxygen atoms in total. The SMILES string of the molecule is Cc1ccc(C(=O)N2CCC(c3ccc(C#N)cc3)CC2)cc1CNS(=O)(=O)c1cc[nH]n1. The van der Waals surface area contributed by atoms with Crippen LogP contribution >= 0.6 is 0 Å². The molecule has 1 aromatic heterocycles. The maximum atomic E-state index is 13.1. The Bertz CT molecular complexity index is 1270. The fourth-order valence-corrected chi connectivity index (χ4v) is 4.98. The number of aryl methyl sites for hydroxylation is 1. The number of benzene rings is 2. The molecule has 0 bridgehead atoms. The minimum Gasteiger partial charge on any atom is -0.339 e. The summed E-state index contributed by atoms with van der Waals surface area (Å²) in [6.45, 7) is 3.26. The molecular weight excluding hydrogens is 438 g/mol. The van der Waals surface area contributed by atoms with Gasteiger partial charge in [-0.1, -0.05) is 18.2 Å². The number of likely N-dealkylation sites (tertiary alicyclic amines) is 1. The normalized spacial score (nSPS) is 14.7. The summed E-state index contributed by atoms with van der Waals surface area (Å²) in [5, 5.41) is 15.1. The maximum Gasteiger partial charge on any atom is 0.260 e. The van der Waals surface area contributed by atoms with E-state index in [0.29, 0.717) is 30.1 Å².